The van der Waals surface area contributed by atoms with E-state index >= 15 is 0 Å². The number of para-hydroxylation sites is 1. The van der Waals surface area contributed by atoms with Crippen LogP contribution >= 0.6 is 0 Å². The lowest BCUT2D eigenvalue weighted by Gasteiger charge is -2.34. The number of hydrogen-bond donors (Lipinski definition) is 2. The zero-order valence-electron chi connectivity index (χ0n) is 10.5. The summed E-state index contributed by atoms with van der Waals surface area (Å²) in [5.41, 5.74) is 7.49. The second-order valence-electron chi connectivity index (χ2n) is 4.42. The quantitative estimate of drug-likeness (QED) is 0.367. The smallest absolute Gasteiger partial charge is 0.172 e. The zero-order valence-corrected chi connectivity index (χ0v) is 10.5. The Morgan fingerprint density at radius 2 is 2.06 bits per heavy atom. The van der Waals surface area contributed by atoms with Gasteiger partial charge in [-0.15, -0.1) is 0 Å². The van der Waals surface area contributed by atoms with Crippen LogP contribution in [0.4, 0.5) is 5.69 Å². The molecule has 1 aliphatic heterocycles. The third-order valence-corrected chi connectivity index (χ3v) is 3.40. The highest BCUT2D eigenvalue weighted by molar-refractivity contribution is 6.02. The third kappa shape index (κ3) is 2.56. The first-order valence-corrected chi connectivity index (χ1v) is 6.11. The average molecular weight is 249 g/mol. The second-order valence-corrected chi connectivity index (χ2v) is 4.42. The van der Waals surface area contributed by atoms with Crippen LogP contribution in [0, 0.1) is 0 Å². The van der Waals surface area contributed by atoms with Crippen molar-refractivity contribution in [1.82, 2.24) is 0 Å². The van der Waals surface area contributed by atoms with Crippen molar-refractivity contribution in [2.45, 2.75) is 18.9 Å². The van der Waals surface area contributed by atoms with Gasteiger partial charge in [0, 0.05) is 31.5 Å². The van der Waals surface area contributed by atoms with E-state index in [4.69, 9.17) is 15.7 Å². The summed E-state index contributed by atoms with van der Waals surface area (Å²) in [4.78, 5) is 2.25. The molecule has 1 saturated heterocycles. The molecule has 0 atom stereocenters. The minimum atomic E-state index is 0.152. The predicted molar refractivity (Wildman–Crippen MR) is 71.2 cm³/mol. The maximum Gasteiger partial charge on any atom is 0.172 e. The van der Waals surface area contributed by atoms with E-state index in [2.05, 4.69) is 10.1 Å². The van der Waals surface area contributed by atoms with E-state index in [1.807, 2.05) is 24.3 Å². The Morgan fingerprint density at radius 1 is 1.39 bits per heavy atom. The van der Waals surface area contributed by atoms with Gasteiger partial charge in [-0.3, -0.25) is 0 Å². The van der Waals surface area contributed by atoms with Gasteiger partial charge < -0.3 is 20.6 Å². The van der Waals surface area contributed by atoms with Crippen LogP contribution in [0.2, 0.25) is 0 Å². The first-order valence-electron chi connectivity index (χ1n) is 6.11. The van der Waals surface area contributed by atoms with Crippen molar-refractivity contribution >= 4 is 11.5 Å². The van der Waals surface area contributed by atoms with E-state index < -0.39 is 0 Å². The number of amidine groups is 1. The molecule has 0 aromatic heterocycles. The van der Waals surface area contributed by atoms with E-state index in [1.165, 1.54) is 0 Å². The average Bonchev–Trinajstić information content (AvgIpc) is 2.46. The number of oxime groups is 1. The molecule has 98 valence electrons. The molecule has 5 nitrogen and oxygen atoms in total. The second kappa shape index (κ2) is 5.73. The number of piperidine rings is 1. The van der Waals surface area contributed by atoms with Gasteiger partial charge >= 0.3 is 0 Å². The number of ether oxygens (including phenoxy) is 1. The van der Waals surface area contributed by atoms with Gasteiger partial charge in [-0.05, 0) is 25.0 Å². The van der Waals surface area contributed by atoms with Gasteiger partial charge in [0.2, 0.25) is 0 Å². The summed E-state index contributed by atoms with van der Waals surface area (Å²) in [5.74, 6) is 0.152. The van der Waals surface area contributed by atoms with Crippen LogP contribution in [0.25, 0.3) is 0 Å². The molecule has 0 unspecified atom stereocenters. The topological polar surface area (TPSA) is 71.1 Å². The normalized spacial score (nSPS) is 18.1. The van der Waals surface area contributed by atoms with E-state index in [9.17, 15) is 0 Å². The summed E-state index contributed by atoms with van der Waals surface area (Å²) in [5, 5.41) is 11.9. The molecule has 1 heterocycles. The first kappa shape index (κ1) is 12.7. The molecule has 2 rings (SSSR count). The summed E-state index contributed by atoms with van der Waals surface area (Å²) in [6, 6.07) is 7.72. The number of benzene rings is 1. The van der Waals surface area contributed by atoms with E-state index in [0.29, 0.717) is 6.10 Å². The first-order chi connectivity index (χ1) is 8.76. The predicted octanol–water partition coefficient (Wildman–Crippen LogP) is 1.40. The maximum atomic E-state index is 8.82. The van der Waals surface area contributed by atoms with Crippen LogP contribution in [0.3, 0.4) is 0 Å². The van der Waals surface area contributed by atoms with Crippen LogP contribution in [0.15, 0.2) is 29.4 Å². The van der Waals surface area contributed by atoms with E-state index in [1.54, 1.807) is 7.11 Å². The summed E-state index contributed by atoms with van der Waals surface area (Å²) in [6.45, 7) is 1.85. The molecule has 0 saturated carbocycles. The van der Waals surface area contributed by atoms with Gasteiger partial charge in [-0.1, -0.05) is 17.3 Å². The molecule has 1 aromatic rings. The molecule has 5 heteroatoms. The van der Waals surface area contributed by atoms with Crippen molar-refractivity contribution in [3.63, 3.8) is 0 Å². The van der Waals surface area contributed by atoms with Gasteiger partial charge in [-0.2, -0.15) is 0 Å². The van der Waals surface area contributed by atoms with Crippen LogP contribution in [0.1, 0.15) is 18.4 Å². The number of hydrogen-bond acceptors (Lipinski definition) is 4. The Balaban J connectivity index is 2.19. The van der Waals surface area contributed by atoms with Gasteiger partial charge in [0.1, 0.15) is 0 Å². The van der Waals surface area contributed by atoms with E-state index in [0.717, 1.165) is 37.2 Å². The van der Waals surface area contributed by atoms with Crippen molar-refractivity contribution in [3.8, 4) is 0 Å². The van der Waals surface area contributed by atoms with Crippen LogP contribution in [-0.4, -0.2) is 37.3 Å². The number of rotatable bonds is 3. The molecule has 0 amide bonds. The molecule has 0 bridgehead atoms. The molecule has 1 fully saturated rings. The SMILES string of the molecule is COC1CCN(c2ccccc2/C(N)=N/O)CC1. The fourth-order valence-electron chi connectivity index (χ4n) is 2.35. The Hall–Kier alpha value is -1.75. The third-order valence-electron chi connectivity index (χ3n) is 3.40. The molecular formula is C13H19N3O2. The number of nitrogens with two attached hydrogens (primary N) is 1. The van der Waals surface area contributed by atoms with Crippen molar-refractivity contribution < 1.29 is 9.94 Å². The lowest BCUT2D eigenvalue weighted by atomic mass is 10.0. The molecule has 1 aliphatic rings. The molecule has 3 N–H and O–H groups in total. The fraction of sp³-hybridized carbons (Fsp3) is 0.462. The van der Waals surface area contributed by atoms with Gasteiger partial charge in [0.25, 0.3) is 0 Å². The Kier molecular flexibility index (Phi) is 4.04. The minimum Gasteiger partial charge on any atom is -0.409 e. The van der Waals surface area contributed by atoms with E-state index in [-0.39, 0.29) is 5.84 Å². The highest BCUT2D eigenvalue weighted by Crippen LogP contribution is 2.24. The number of methoxy groups -OCH3 is 1. The van der Waals surface area contributed by atoms with Gasteiger partial charge in [0.15, 0.2) is 5.84 Å². The fourth-order valence-corrected chi connectivity index (χ4v) is 2.35. The molecule has 1 aromatic carbocycles. The lowest BCUT2D eigenvalue weighted by Crippen LogP contribution is -2.37. The maximum absolute atomic E-state index is 8.82. The van der Waals surface area contributed by atoms with Crippen LogP contribution < -0.4 is 10.6 Å². The summed E-state index contributed by atoms with van der Waals surface area (Å²) in [6.07, 6.45) is 2.35. The molecule has 0 aliphatic carbocycles. The Labute approximate surface area is 107 Å². The van der Waals surface area contributed by atoms with Crippen molar-refractivity contribution in [2.24, 2.45) is 10.9 Å². The highest BCUT2D eigenvalue weighted by Gasteiger charge is 2.21. The summed E-state index contributed by atoms with van der Waals surface area (Å²) in [7, 11) is 1.75. The van der Waals surface area contributed by atoms with Gasteiger partial charge in [0.05, 0.1) is 6.10 Å². The highest BCUT2D eigenvalue weighted by atomic mass is 16.5. The number of anilines is 1. The number of nitrogens with zero attached hydrogens (tertiary/aromatic N) is 2. The van der Waals surface area contributed by atoms with Crippen LogP contribution in [-0.2, 0) is 4.74 Å². The van der Waals surface area contributed by atoms with Crippen molar-refractivity contribution in [3.05, 3.63) is 29.8 Å². The minimum absolute atomic E-state index is 0.152. The Bertz CT molecular complexity index is 426. The van der Waals surface area contributed by atoms with Crippen LogP contribution in [0.5, 0.6) is 0 Å². The van der Waals surface area contributed by atoms with Crippen molar-refractivity contribution in [1.29, 1.82) is 0 Å². The molecule has 0 spiro atoms. The molecular weight excluding hydrogens is 230 g/mol. The molecule has 0 radical (unpaired) electrons. The van der Waals surface area contributed by atoms with Gasteiger partial charge in [-0.25, -0.2) is 0 Å². The van der Waals surface area contributed by atoms with Crippen molar-refractivity contribution in [2.75, 3.05) is 25.1 Å². The Morgan fingerprint density at radius 3 is 2.67 bits per heavy atom. The molecule has 18 heavy (non-hydrogen) atoms. The summed E-state index contributed by atoms with van der Waals surface area (Å²) >= 11 is 0. The summed E-state index contributed by atoms with van der Waals surface area (Å²) < 4.78 is 5.36. The zero-order chi connectivity index (χ0) is 13.0. The lowest BCUT2D eigenvalue weighted by molar-refractivity contribution is 0.0819. The standard InChI is InChI=1S/C13H19N3O2/c1-18-10-6-8-16(9-7-10)12-5-3-2-4-11(12)13(14)15-17/h2-5,10,17H,6-9H2,1H3,(H2,14,15). The largest absolute Gasteiger partial charge is 0.409 e. The monoisotopic (exact) mass is 249 g/mol.